The van der Waals surface area contributed by atoms with E-state index in [-0.39, 0.29) is 5.56 Å². The standard InChI is InChI=1S/C12H19N3O3S2/c1-8-9(2)13-12(14-11(8)16)19-7-10-4-5-15(6-10)20(3,17)18/h10H,4-7H2,1-3H3,(H,13,14,16). The first-order valence-corrected chi connectivity index (χ1v) is 9.26. The number of sulfonamides is 1. The Balaban J connectivity index is 1.96. The molecule has 1 saturated heterocycles. The molecule has 0 radical (unpaired) electrons. The number of rotatable bonds is 4. The van der Waals surface area contributed by atoms with Crippen LogP contribution in [-0.2, 0) is 10.0 Å². The van der Waals surface area contributed by atoms with Crippen molar-refractivity contribution in [3.05, 3.63) is 21.6 Å². The lowest BCUT2D eigenvalue weighted by atomic mass is 10.2. The Kier molecular flexibility index (Phi) is 4.55. The Hall–Kier alpha value is -0.860. The fraction of sp³-hybridized carbons (Fsp3) is 0.667. The third-order valence-electron chi connectivity index (χ3n) is 3.55. The number of hydrogen-bond acceptors (Lipinski definition) is 5. The van der Waals surface area contributed by atoms with Gasteiger partial charge in [-0.3, -0.25) is 4.79 Å². The van der Waals surface area contributed by atoms with Crippen molar-refractivity contribution in [3.8, 4) is 0 Å². The number of nitrogens with one attached hydrogen (secondary N) is 1. The van der Waals surface area contributed by atoms with Crippen molar-refractivity contribution in [2.24, 2.45) is 5.92 Å². The Bertz CT molecular complexity index is 654. The molecule has 1 fully saturated rings. The molecule has 1 aromatic heterocycles. The lowest BCUT2D eigenvalue weighted by Crippen LogP contribution is -2.27. The van der Waals surface area contributed by atoms with E-state index in [1.165, 1.54) is 22.3 Å². The number of nitrogens with zero attached hydrogens (tertiary/aromatic N) is 2. The lowest BCUT2D eigenvalue weighted by molar-refractivity contribution is 0.471. The molecule has 0 aromatic carbocycles. The molecule has 2 heterocycles. The maximum absolute atomic E-state index is 11.6. The van der Waals surface area contributed by atoms with Crippen molar-refractivity contribution in [2.75, 3.05) is 25.1 Å². The molecule has 0 saturated carbocycles. The monoisotopic (exact) mass is 317 g/mol. The summed E-state index contributed by atoms with van der Waals surface area (Å²) >= 11 is 1.48. The Morgan fingerprint density at radius 3 is 2.70 bits per heavy atom. The average Bonchev–Trinajstić information content (AvgIpc) is 2.82. The zero-order valence-electron chi connectivity index (χ0n) is 11.8. The smallest absolute Gasteiger partial charge is 0.254 e. The normalized spacial score (nSPS) is 20.4. The van der Waals surface area contributed by atoms with E-state index >= 15 is 0 Å². The second-order valence-electron chi connectivity index (χ2n) is 5.17. The van der Waals surface area contributed by atoms with Gasteiger partial charge >= 0.3 is 0 Å². The summed E-state index contributed by atoms with van der Waals surface area (Å²) in [6, 6.07) is 0. The van der Waals surface area contributed by atoms with E-state index in [1.54, 1.807) is 6.92 Å². The quantitative estimate of drug-likeness (QED) is 0.655. The summed E-state index contributed by atoms with van der Waals surface area (Å²) in [4.78, 5) is 18.7. The Morgan fingerprint density at radius 1 is 1.45 bits per heavy atom. The van der Waals surface area contributed by atoms with Gasteiger partial charge in [-0.2, -0.15) is 0 Å². The molecular formula is C12H19N3O3S2. The van der Waals surface area contributed by atoms with E-state index in [1.807, 2.05) is 6.92 Å². The first-order chi connectivity index (χ1) is 9.27. The molecule has 112 valence electrons. The Labute approximate surface area is 123 Å². The Morgan fingerprint density at radius 2 is 2.15 bits per heavy atom. The van der Waals surface area contributed by atoms with E-state index in [0.29, 0.717) is 29.7 Å². The molecule has 8 heteroatoms. The molecule has 20 heavy (non-hydrogen) atoms. The van der Waals surface area contributed by atoms with Crippen LogP contribution in [0.1, 0.15) is 17.7 Å². The summed E-state index contributed by atoms with van der Waals surface area (Å²) < 4.78 is 24.4. The van der Waals surface area contributed by atoms with E-state index in [9.17, 15) is 13.2 Å². The van der Waals surface area contributed by atoms with Gasteiger partial charge in [0, 0.05) is 30.1 Å². The minimum Gasteiger partial charge on any atom is -0.301 e. The molecule has 1 N–H and O–H groups in total. The molecule has 0 bridgehead atoms. The summed E-state index contributed by atoms with van der Waals surface area (Å²) in [7, 11) is -3.09. The molecule has 1 aliphatic heterocycles. The van der Waals surface area contributed by atoms with Crippen LogP contribution in [0.3, 0.4) is 0 Å². The van der Waals surface area contributed by atoms with E-state index in [2.05, 4.69) is 9.97 Å². The summed E-state index contributed by atoms with van der Waals surface area (Å²) in [5.74, 6) is 1.07. The minimum atomic E-state index is -3.09. The lowest BCUT2D eigenvalue weighted by Gasteiger charge is -2.13. The van der Waals surface area contributed by atoms with Crippen molar-refractivity contribution in [1.82, 2.24) is 14.3 Å². The van der Waals surface area contributed by atoms with Crippen LogP contribution in [0.15, 0.2) is 9.95 Å². The molecule has 2 rings (SSSR count). The van der Waals surface area contributed by atoms with Crippen molar-refractivity contribution in [2.45, 2.75) is 25.4 Å². The average molecular weight is 317 g/mol. The van der Waals surface area contributed by atoms with Crippen molar-refractivity contribution in [3.63, 3.8) is 0 Å². The van der Waals surface area contributed by atoms with Crippen LogP contribution >= 0.6 is 11.8 Å². The third kappa shape index (κ3) is 3.62. The molecule has 0 spiro atoms. The third-order valence-corrected chi connectivity index (χ3v) is 5.92. The minimum absolute atomic E-state index is 0.107. The van der Waals surface area contributed by atoms with Gasteiger partial charge in [0.15, 0.2) is 5.16 Å². The molecule has 6 nitrogen and oxygen atoms in total. The fourth-order valence-corrected chi connectivity index (χ4v) is 4.07. The topological polar surface area (TPSA) is 83.1 Å². The number of aryl methyl sites for hydroxylation is 1. The van der Waals surface area contributed by atoms with Crippen LogP contribution < -0.4 is 5.56 Å². The maximum Gasteiger partial charge on any atom is 0.254 e. The first-order valence-electron chi connectivity index (χ1n) is 6.43. The highest BCUT2D eigenvalue weighted by Crippen LogP contribution is 2.25. The molecule has 1 atom stereocenters. The molecule has 1 unspecified atom stereocenters. The van der Waals surface area contributed by atoms with Gasteiger partial charge in [0.1, 0.15) is 0 Å². The summed E-state index contributed by atoms with van der Waals surface area (Å²) in [5.41, 5.74) is 1.27. The highest BCUT2D eigenvalue weighted by Gasteiger charge is 2.28. The van der Waals surface area contributed by atoms with E-state index in [4.69, 9.17) is 0 Å². The van der Waals surface area contributed by atoms with Gasteiger partial charge in [-0.15, -0.1) is 0 Å². The maximum atomic E-state index is 11.6. The second kappa shape index (κ2) is 5.87. The summed E-state index contributed by atoms with van der Waals surface area (Å²) in [6.45, 7) is 4.70. The van der Waals surface area contributed by atoms with Crippen LogP contribution in [-0.4, -0.2) is 47.8 Å². The van der Waals surface area contributed by atoms with E-state index < -0.39 is 10.0 Å². The number of H-pyrrole nitrogens is 1. The number of aromatic amines is 1. The number of aromatic nitrogens is 2. The van der Waals surface area contributed by atoms with Crippen LogP contribution in [0.5, 0.6) is 0 Å². The SMILES string of the molecule is Cc1nc(SCC2CCN(S(C)(=O)=O)C2)[nH]c(=O)c1C. The molecule has 1 aromatic rings. The van der Waals surface area contributed by atoms with Crippen molar-refractivity contribution >= 4 is 21.8 Å². The molecule has 0 amide bonds. The molecule has 0 aliphatic carbocycles. The molecule has 1 aliphatic rings. The van der Waals surface area contributed by atoms with Crippen LogP contribution in [0, 0.1) is 19.8 Å². The predicted octanol–water partition coefficient (Wildman–Crippen LogP) is 0.760. The van der Waals surface area contributed by atoms with Gasteiger partial charge in [-0.05, 0) is 26.2 Å². The van der Waals surface area contributed by atoms with Crippen LogP contribution in [0.4, 0.5) is 0 Å². The zero-order valence-corrected chi connectivity index (χ0v) is 13.5. The highest BCUT2D eigenvalue weighted by molar-refractivity contribution is 7.99. The fourth-order valence-electron chi connectivity index (χ4n) is 2.12. The summed E-state index contributed by atoms with van der Waals surface area (Å²) in [5, 5.41) is 0.607. The number of hydrogen-bond donors (Lipinski definition) is 1. The van der Waals surface area contributed by atoms with Crippen LogP contribution in [0.25, 0.3) is 0 Å². The van der Waals surface area contributed by atoms with Gasteiger partial charge in [-0.1, -0.05) is 11.8 Å². The number of thioether (sulfide) groups is 1. The summed E-state index contributed by atoms with van der Waals surface area (Å²) in [6.07, 6.45) is 2.10. The van der Waals surface area contributed by atoms with Gasteiger partial charge < -0.3 is 4.98 Å². The van der Waals surface area contributed by atoms with Gasteiger partial charge in [-0.25, -0.2) is 17.7 Å². The predicted molar refractivity (Wildman–Crippen MR) is 79.6 cm³/mol. The first kappa shape index (κ1) is 15.5. The van der Waals surface area contributed by atoms with Gasteiger partial charge in [0.2, 0.25) is 10.0 Å². The van der Waals surface area contributed by atoms with Crippen LogP contribution in [0.2, 0.25) is 0 Å². The second-order valence-corrected chi connectivity index (χ2v) is 8.16. The van der Waals surface area contributed by atoms with Crippen molar-refractivity contribution in [1.29, 1.82) is 0 Å². The highest BCUT2D eigenvalue weighted by atomic mass is 32.2. The zero-order chi connectivity index (χ0) is 14.9. The van der Waals surface area contributed by atoms with Crippen molar-refractivity contribution < 1.29 is 8.42 Å². The van der Waals surface area contributed by atoms with Gasteiger partial charge in [0.25, 0.3) is 5.56 Å². The largest absolute Gasteiger partial charge is 0.301 e. The van der Waals surface area contributed by atoms with Gasteiger partial charge in [0.05, 0.1) is 6.26 Å². The van der Waals surface area contributed by atoms with E-state index in [0.717, 1.165) is 17.9 Å². The molecular weight excluding hydrogens is 298 g/mol.